The number of alkyl halides is 6. The largest absolute Gasteiger partial charge is 0.495 e. The Morgan fingerprint density at radius 2 is 1.62 bits per heavy atom. The molecule has 0 saturated heterocycles. The highest BCUT2D eigenvalue weighted by atomic mass is 19.4. The van der Waals surface area contributed by atoms with E-state index in [9.17, 15) is 35.9 Å². The quantitative estimate of drug-likeness (QED) is 0.238. The van der Waals surface area contributed by atoms with Crippen molar-refractivity contribution in [3.8, 4) is 11.4 Å². The van der Waals surface area contributed by atoms with Gasteiger partial charge in [-0.2, -0.15) is 26.3 Å². The van der Waals surface area contributed by atoms with Gasteiger partial charge in [-0.15, -0.1) is 0 Å². The maximum Gasteiger partial charge on any atom is 0.416 e. The first-order chi connectivity index (χ1) is 19.6. The minimum absolute atomic E-state index is 0.0250. The molecular formula is C29H26F6N4O3. The number of nitrogens with zero attached hydrogens (tertiary/aromatic N) is 3. The summed E-state index contributed by atoms with van der Waals surface area (Å²) in [5.41, 5.74) is -2.84. The van der Waals surface area contributed by atoms with Gasteiger partial charge in [-0.05, 0) is 68.8 Å². The van der Waals surface area contributed by atoms with Crippen LogP contribution in [0.2, 0.25) is 0 Å². The van der Waals surface area contributed by atoms with Crippen LogP contribution in [-0.4, -0.2) is 34.1 Å². The van der Waals surface area contributed by atoms with Gasteiger partial charge in [0, 0.05) is 12.2 Å². The Labute approximate surface area is 236 Å². The SMILES string of the molecule is CCN(C(=O)Nc1cc(C(F)(F)F)cc(C(F)(F)F)c1)C(C)c1nc2ccccc2c(=O)n1-c1cc(C)ccc1OC. The van der Waals surface area contributed by atoms with Crippen LogP contribution in [0.5, 0.6) is 5.75 Å². The second-order valence-electron chi connectivity index (χ2n) is 9.49. The molecular weight excluding hydrogens is 566 g/mol. The molecule has 1 heterocycles. The number of hydrogen-bond acceptors (Lipinski definition) is 4. The van der Waals surface area contributed by atoms with Crippen molar-refractivity contribution >= 4 is 22.6 Å². The molecule has 1 N–H and O–H groups in total. The predicted octanol–water partition coefficient (Wildman–Crippen LogP) is 7.36. The number of para-hydroxylation sites is 1. The second kappa shape index (κ2) is 11.4. The lowest BCUT2D eigenvalue weighted by Crippen LogP contribution is -2.40. The van der Waals surface area contributed by atoms with E-state index in [2.05, 4.69) is 10.3 Å². The Hall–Kier alpha value is -4.55. The molecule has 0 aliphatic heterocycles. The molecule has 7 nitrogen and oxygen atoms in total. The number of ether oxygens (including phenoxy) is 1. The molecule has 0 radical (unpaired) electrons. The molecule has 0 fully saturated rings. The van der Waals surface area contributed by atoms with Crippen molar-refractivity contribution in [2.75, 3.05) is 19.0 Å². The molecule has 222 valence electrons. The van der Waals surface area contributed by atoms with Crippen molar-refractivity contribution in [1.29, 1.82) is 0 Å². The zero-order valence-corrected chi connectivity index (χ0v) is 22.9. The van der Waals surface area contributed by atoms with Crippen LogP contribution in [0.25, 0.3) is 16.6 Å². The van der Waals surface area contributed by atoms with E-state index in [1.54, 1.807) is 56.3 Å². The highest BCUT2D eigenvalue weighted by molar-refractivity contribution is 5.90. The summed E-state index contributed by atoms with van der Waals surface area (Å²) in [4.78, 5) is 33.0. The summed E-state index contributed by atoms with van der Waals surface area (Å²) in [5, 5.41) is 2.44. The highest BCUT2D eigenvalue weighted by Crippen LogP contribution is 2.38. The van der Waals surface area contributed by atoms with Gasteiger partial charge in [0.1, 0.15) is 11.6 Å². The van der Waals surface area contributed by atoms with E-state index in [1.165, 1.54) is 11.7 Å². The van der Waals surface area contributed by atoms with Crippen LogP contribution in [0.4, 0.5) is 36.8 Å². The van der Waals surface area contributed by atoms with Gasteiger partial charge in [0.25, 0.3) is 5.56 Å². The van der Waals surface area contributed by atoms with E-state index in [0.717, 1.165) is 10.5 Å². The minimum Gasteiger partial charge on any atom is -0.495 e. The Morgan fingerprint density at radius 1 is 1.00 bits per heavy atom. The van der Waals surface area contributed by atoms with E-state index < -0.39 is 46.8 Å². The van der Waals surface area contributed by atoms with Crippen LogP contribution >= 0.6 is 0 Å². The maximum absolute atomic E-state index is 13.8. The molecule has 0 bridgehead atoms. The average molecular weight is 593 g/mol. The van der Waals surface area contributed by atoms with Gasteiger partial charge in [0.05, 0.1) is 40.9 Å². The van der Waals surface area contributed by atoms with Gasteiger partial charge in [-0.25, -0.2) is 9.78 Å². The van der Waals surface area contributed by atoms with Gasteiger partial charge in [-0.1, -0.05) is 18.2 Å². The summed E-state index contributed by atoms with van der Waals surface area (Å²) in [7, 11) is 1.42. The Balaban J connectivity index is 1.83. The summed E-state index contributed by atoms with van der Waals surface area (Å²) >= 11 is 0. The number of aryl methyl sites for hydroxylation is 1. The van der Waals surface area contributed by atoms with Crippen molar-refractivity contribution in [3.05, 3.63) is 93.5 Å². The van der Waals surface area contributed by atoms with E-state index in [1.807, 2.05) is 6.92 Å². The Morgan fingerprint density at radius 3 is 2.19 bits per heavy atom. The zero-order chi connectivity index (χ0) is 31.0. The lowest BCUT2D eigenvalue weighted by atomic mass is 10.1. The number of carbonyl (C=O) groups is 1. The standard InChI is InChI=1S/C29H26F6N4O3/c1-5-38(27(41)36-20-14-18(28(30,31)32)13-19(15-20)29(33,34)35)17(3)25-37-22-9-7-6-8-21(22)26(40)39(25)23-12-16(2)10-11-24(23)42-4/h6-15,17H,5H2,1-4H3,(H,36,41). The van der Waals surface area contributed by atoms with Crippen LogP contribution in [0, 0.1) is 6.92 Å². The average Bonchev–Trinajstić information content (AvgIpc) is 2.92. The fraction of sp³-hybridized carbons (Fsp3) is 0.276. The number of nitrogens with one attached hydrogen (secondary N) is 1. The monoisotopic (exact) mass is 592 g/mol. The molecule has 0 aliphatic rings. The lowest BCUT2D eigenvalue weighted by molar-refractivity contribution is -0.143. The van der Waals surface area contributed by atoms with Crippen LogP contribution < -0.4 is 15.6 Å². The maximum atomic E-state index is 13.8. The number of urea groups is 1. The first kappa shape index (κ1) is 30.4. The van der Waals surface area contributed by atoms with Gasteiger partial charge in [0.15, 0.2) is 0 Å². The van der Waals surface area contributed by atoms with Gasteiger partial charge in [0.2, 0.25) is 0 Å². The molecule has 0 aliphatic carbocycles. The normalized spacial score (nSPS) is 12.7. The molecule has 4 rings (SSSR count). The predicted molar refractivity (Wildman–Crippen MR) is 145 cm³/mol. The number of fused-ring (bicyclic) bond motifs is 1. The first-order valence-corrected chi connectivity index (χ1v) is 12.7. The number of benzene rings is 3. The number of amides is 2. The Bertz CT molecular complexity index is 1670. The van der Waals surface area contributed by atoms with E-state index >= 15 is 0 Å². The highest BCUT2D eigenvalue weighted by Gasteiger charge is 2.37. The molecule has 0 spiro atoms. The lowest BCUT2D eigenvalue weighted by Gasteiger charge is -2.30. The van der Waals surface area contributed by atoms with Gasteiger partial charge >= 0.3 is 18.4 Å². The fourth-order valence-electron chi connectivity index (χ4n) is 4.59. The number of anilines is 1. The number of halogens is 6. The molecule has 42 heavy (non-hydrogen) atoms. The minimum atomic E-state index is -5.09. The fourth-order valence-corrected chi connectivity index (χ4v) is 4.59. The van der Waals surface area contributed by atoms with Crippen molar-refractivity contribution < 1.29 is 35.9 Å². The number of hydrogen-bond donors (Lipinski definition) is 1. The van der Waals surface area contributed by atoms with Crippen molar-refractivity contribution in [2.24, 2.45) is 0 Å². The molecule has 2 amide bonds. The smallest absolute Gasteiger partial charge is 0.416 e. The van der Waals surface area contributed by atoms with Crippen LogP contribution in [0.15, 0.2) is 65.5 Å². The summed E-state index contributed by atoms with van der Waals surface area (Å²) in [5.74, 6) is 0.434. The number of aromatic nitrogens is 2. The van der Waals surface area contributed by atoms with Gasteiger partial charge < -0.3 is 15.0 Å². The first-order valence-electron chi connectivity index (χ1n) is 12.7. The summed E-state index contributed by atoms with van der Waals surface area (Å²) in [6.07, 6.45) is -10.2. The van der Waals surface area contributed by atoms with E-state index in [4.69, 9.17) is 4.74 Å². The Kier molecular flexibility index (Phi) is 8.24. The zero-order valence-electron chi connectivity index (χ0n) is 22.9. The second-order valence-corrected chi connectivity index (χ2v) is 9.49. The van der Waals surface area contributed by atoms with Crippen molar-refractivity contribution in [2.45, 2.75) is 39.2 Å². The molecule has 1 atom stereocenters. The third kappa shape index (κ3) is 6.04. The summed E-state index contributed by atoms with van der Waals surface area (Å²) < 4.78 is 87.0. The molecule has 4 aromatic rings. The third-order valence-corrected chi connectivity index (χ3v) is 6.66. The third-order valence-electron chi connectivity index (χ3n) is 6.66. The molecule has 0 saturated carbocycles. The molecule has 13 heteroatoms. The number of carbonyl (C=O) groups excluding carboxylic acids is 1. The van der Waals surface area contributed by atoms with Crippen molar-refractivity contribution in [1.82, 2.24) is 14.5 Å². The van der Waals surface area contributed by atoms with Crippen LogP contribution in [0.1, 0.15) is 42.4 Å². The number of rotatable bonds is 6. The summed E-state index contributed by atoms with van der Waals surface area (Å²) in [6.45, 7) is 4.89. The summed E-state index contributed by atoms with van der Waals surface area (Å²) in [6, 6.07) is 10.5. The molecule has 3 aromatic carbocycles. The van der Waals surface area contributed by atoms with Crippen molar-refractivity contribution in [3.63, 3.8) is 0 Å². The molecule has 1 aromatic heterocycles. The van der Waals surface area contributed by atoms with E-state index in [0.29, 0.717) is 29.1 Å². The van der Waals surface area contributed by atoms with Crippen LogP contribution in [-0.2, 0) is 12.4 Å². The topological polar surface area (TPSA) is 76.5 Å². The molecule has 1 unspecified atom stereocenters. The number of methoxy groups -OCH3 is 1. The van der Waals surface area contributed by atoms with Crippen LogP contribution in [0.3, 0.4) is 0 Å². The van der Waals surface area contributed by atoms with Gasteiger partial charge in [-0.3, -0.25) is 9.36 Å². The van der Waals surface area contributed by atoms with E-state index in [-0.39, 0.29) is 23.8 Å².